The lowest BCUT2D eigenvalue weighted by molar-refractivity contribution is -0.126. The molecular formula is C16H30N4O2. The van der Waals surface area contributed by atoms with Crippen LogP contribution in [0, 0.1) is 5.92 Å². The van der Waals surface area contributed by atoms with Crippen LogP contribution in [-0.4, -0.2) is 55.6 Å². The van der Waals surface area contributed by atoms with Crippen molar-refractivity contribution in [2.75, 3.05) is 26.7 Å². The van der Waals surface area contributed by atoms with Gasteiger partial charge in [-0.1, -0.05) is 12.8 Å². The van der Waals surface area contributed by atoms with Crippen molar-refractivity contribution >= 4 is 11.9 Å². The monoisotopic (exact) mass is 310 g/mol. The second-order valence-corrected chi connectivity index (χ2v) is 6.65. The molecule has 1 saturated carbocycles. The molecule has 2 rings (SSSR count). The summed E-state index contributed by atoms with van der Waals surface area (Å²) < 4.78 is 0. The lowest BCUT2D eigenvalue weighted by atomic mass is 9.97. The Kier molecular flexibility index (Phi) is 6.49. The molecule has 1 saturated heterocycles. The van der Waals surface area contributed by atoms with E-state index in [9.17, 15) is 9.59 Å². The first-order chi connectivity index (χ1) is 10.6. The van der Waals surface area contributed by atoms with Gasteiger partial charge in [0, 0.05) is 31.7 Å². The highest BCUT2D eigenvalue weighted by atomic mass is 16.2. The summed E-state index contributed by atoms with van der Waals surface area (Å²) in [6.45, 7) is 3.95. The highest BCUT2D eigenvalue weighted by molar-refractivity contribution is 5.81. The molecule has 22 heavy (non-hydrogen) atoms. The first-order valence-electron chi connectivity index (χ1n) is 8.60. The second-order valence-electron chi connectivity index (χ2n) is 6.65. The minimum absolute atomic E-state index is 0.00740. The number of likely N-dealkylation sites (N-methyl/N-ethyl adjacent to an activating group) is 1. The number of hydrogen-bond donors (Lipinski definition) is 3. The van der Waals surface area contributed by atoms with E-state index in [0.29, 0.717) is 19.1 Å². The lowest BCUT2D eigenvalue weighted by Gasteiger charge is -2.33. The molecule has 3 N–H and O–H groups in total. The predicted octanol–water partition coefficient (Wildman–Crippen LogP) is 1.07. The standard InChI is InChI=1S/C16H30N4O2/c1-12(17-2)10-18-15(21)13-6-5-9-20(11-13)16(22)19-14-7-3-4-8-14/h12-14,17H,3-11H2,1-2H3,(H,18,21)(H,19,22). The largest absolute Gasteiger partial charge is 0.354 e. The highest BCUT2D eigenvalue weighted by Gasteiger charge is 2.29. The Hall–Kier alpha value is -1.30. The Labute approximate surface area is 133 Å². The van der Waals surface area contributed by atoms with Gasteiger partial charge in [0.1, 0.15) is 0 Å². The van der Waals surface area contributed by atoms with E-state index in [0.717, 1.165) is 32.2 Å². The third-order valence-corrected chi connectivity index (χ3v) is 4.84. The molecule has 0 spiro atoms. The molecule has 0 bridgehead atoms. The van der Waals surface area contributed by atoms with Crippen LogP contribution in [0.15, 0.2) is 0 Å². The molecule has 2 aliphatic rings. The summed E-state index contributed by atoms with van der Waals surface area (Å²) >= 11 is 0. The fraction of sp³-hybridized carbons (Fsp3) is 0.875. The van der Waals surface area contributed by atoms with E-state index in [-0.39, 0.29) is 23.9 Å². The summed E-state index contributed by atoms with van der Waals surface area (Å²) in [6.07, 6.45) is 6.36. The molecule has 0 aromatic heterocycles. The van der Waals surface area contributed by atoms with Gasteiger partial charge in [0.2, 0.25) is 5.91 Å². The highest BCUT2D eigenvalue weighted by Crippen LogP contribution is 2.20. The van der Waals surface area contributed by atoms with Crippen molar-refractivity contribution in [3.8, 4) is 0 Å². The summed E-state index contributed by atoms with van der Waals surface area (Å²) in [5, 5.41) is 9.19. The van der Waals surface area contributed by atoms with Gasteiger partial charge in [0.05, 0.1) is 5.92 Å². The smallest absolute Gasteiger partial charge is 0.317 e. The minimum atomic E-state index is -0.0767. The summed E-state index contributed by atoms with van der Waals surface area (Å²) in [7, 11) is 1.88. The van der Waals surface area contributed by atoms with Crippen LogP contribution in [0.25, 0.3) is 0 Å². The van der Waals surface area contributed by atoms with Crippen molar-refractivity contribution in [1.82, 2.24) is 20.9 Å². The van der Waals surface area contributed by atoms with E-state index in [4.69, 9.17) is 0 Å². The van der Waals surface area contributed by atoms with Gasteiger partial charge in [-0.2, -0.15) is 0 Å². The number of carbonyl (C=O) groups excluding carboxylic acids is 2. The van der Waals surface area contributed by atoms with Crippen LogP contribution >= 0.6 is 0 Å². The molecule has 3 amide bonds. The van der Waals surface area contributed by atoms with E-state index < -0.39 is 0 Å². The number of urea groups is 1. The van der Waals surface area contributed by atoms with Crippen molar-refractivity contribution in [1.29, 1.82) is 0 Å². The molecule has 1 aliphatic heterocycles. The molecule has 0 aromatic rings. The number of amides is 3. The van der Waals surface area contributed by atoms with Crippen LogP contribution in [-0.2, 0) is 4.79 Å². The van der Waals surface area contributed by atoms with E-state index in [2.05, 4.69) is 16.0 Å². The Bertz CT molecular complexity index is 382. The first-order valence-corrected chi connectivity index (χ1v) is 8.60. The van der Waals surface area contributed by atoms with Crippen molar-refractivity contribution < 1.29 is 9.59 Å². The number of rotatable bonds is 5. The summed E-state index contributed by atoms with van der Waals surface area (Å²) in [4.78, 5) is 26.4. The van der Waals surface area contributed by atoms with Gasteiger partial charge >= 0.3 is 6.03 Å². The molecule has 2 atom stereocenters. The lowest BCUT2D eigenvalue weighted by Crippen LogP contribution is -2.51. The zero-order chi connectivity index (χ0) is 15.9. The molecule has 0 aromatic carbocycles. The average molecular weight is 310 g/mol. The average Bonchev–Trinajstić information content (AvgIpc) is 3.05. The van der Waals surface area contributed by atoms with Crippen LogP contribution in [0.2, 0.25) is 0 Å². The van der Waals surface area contributed by atoms with Crippen molar-refractivity contribution in [3.05, 3.63) is 0 Å². The minimum Gasteiger partial charge on any atom is -0.354 e. The van der Waals surface area contributed by atoms with E-state index in [1.165, 1.54) is 12.8 Å². The number of nitrogens with zero attached hydrogens (tertiary/aromatic N) is 1. The fourth-order valence-corrected chi connectivity index (χ4v) is 3.21. The summed E-state index contributed by atoms with van der Waals surface area (Å²) in [6, 6.07) is 0.598. The van der Waals surface area contributed by atoms with Gasteiger partial charge in [0.15, 0.2) is 0 Å². The SMILES string of the molecule is CNC(C)CNC(=O)C1CCCN(C(=O)NC2CCCC2)C1. The Balaban J connectivity index is 1.77. The molecular weight excluding hydrogens is 280 g/mol. The molecule has 0 radical (unpaired) electrons. The van der Waals surface area contributed by atoms with Crippen molar-refractivity contribution in [3.63, 3.8) is 0 Å². The maximum atomic E-state index is 12.3. The van der Waals surface area contributed by atoms with Crippen LogP contribution in [0.3, 0.4) is 0 Å². The Morgan fingerprint density at radius 1 is 1.18 bits per heavy atom. The van der Waals surface area contributed by atoms with Gasteiger partial charge in [-0.05, 0) is 39.7 Å². The molecule has 6 heteroatoms. The number of likely N-dealkylation sites (tertiary alicyclic amines) is 1. The maximum absolute atomic E-state index is 12.3. The number of piperidine rings is 1. The quantitative estimate of drug-likeness (QED) is 0.711. The van der Waals surface area contributed by atoms with Crippen molar-refractivity contribution in [2.45, 2.75) is 57.5 Å². The zero-order valence-corrected chi connectivity index (χ0v) is 13.9. The topological polar surface area (TPSA) is 73.5 Å². The van der Waals surface area contributed by atoms with Crippen LogP contribution in [0.1, 0.15) is 45.4 Å². The normalized spacial score (nSPS) is 24.1. The van der Waals surface area contributed by atoms with Crippen LogP contribution in [0.4, 0.5) is 4.79 Å². The third-order valence-electron chi connectivity index (χ3n) is 4.84. The van der Waals surface area contributed by atoms with Gasteiger partial charge in [-0.15, -0.1) is 0 Å². The zero-order valence-electron chi connectivity index (χ0n) is 13.9. The molecule has 1 aliphatic carbocycles. The fourth-order valence-electron chi connectivity index (χ4n) is 3.21. The first kappa shape index (κ1) is 17.1. The van der Waals surface area contributed by atoms with Gasteiger partial charge < -0.3 is 20.9 Å². The van der Waals surface area contributed by atoms with Crippen LogP contribution in [0.5, 0.6) is 0 Å². The Morgan fingerprint density at radius 2 is 1.91 bits per heavy atom. The summed E-state index contributed by atoms with van der Waals surface area (Å²) in [5.41, 5.74) is 0. The van der Waals surface area contributed by atoms with E-state index >= 15 is 0 Å². The molecule has 126 valence electrons. The second kappa shape index (κ2) is 8.36. The molecule has 6 nitrogen and oxygen atoms in total. The van der Waals surface area contributed by atoms with Gasteiger partial charge in [-0.3, -0.25) is 4.79 Å². The summed E-state index contributed by atoms with van der Waals surface area (Å²) in [5.74, 6) is -0.00685. The van der Waals surface area contributed by atoms with E-state index in [1.54, 1.807) is 0 Å². The van der Waals surface area contributed by atoms with Gasteiger partial charge in [0.25, 0.3) is 0 Å². The van der Waals surface area contributed by atoms with E-state index in [1.807, 2.05) is 18.9 Å². The molecule has 2 fully saturated rings. The number of carbonyl (C=O) groups is 2. The predicted molar refractivity (Wildman–Crippen MR) is 86.6 cm³/mol. The third kappa shape index (κ3) is 4.87. The van der Waals surface area contributed by atoms with Gasteiger partial charge in [-0.25, -0.2) is 4.79 Å². The number of hydrogen-bond acceptors (Lipinski definition) is 3. The maximum Gasteiger partial charge on any atom is 0.317 e. The molecule has 2 unspecified atom stereocenters. The van der Waals surface area contributed by atoms with Crippen molar-refractivity contribution in [2.24, 2.45) is 5.92 Å². The molecule has 1 heterocycles. The van der Waals surface area contributed by atoms with Crippen LogP contribution < -0.4 is 16.0 Å². The Morgan fingerprint density at radius 3 is 2.59 bits per heavy atom. The number of nitrogens with one attached hydrogen (secondary N) is 3.